The summed E-state index contributed by atoms with van der Waals surface area (Å²) in [6, 6.07) is 2.84. The smallest absolute Gasteiger partial charge is 0.232 e. The Balaban J connectivity index is 1.37. The van der Waals surface area contributed by atoms with Crippen LogP contribution in [0.3, 0.4) is 0 Å². The molecule has 2 saturated carbocycles. The summed E-state index contributed by atoms with van der Waals surface area (Å²) in [6.07, 6.45) is 10.9. The molecule has 0 aliphatic heterocycles. The maximum absolute atomic E-state index is 6.41. The van der Waals surface area contributed by atoms with Crippen LogP contribution in [0.25, 0.3) is 11.0 Å². The lowest BCUT2D eigenvalue weighted by atomic mass is 9.93. The summed E-state index contributed by atoms with van der Waals surface area (Å²) in [5, 5.41) is 21.9. The molecule has 0 spiro atoms. The number of aromatic nitrogens is 8. The third kappa shape index (κ3) is 3.29. The molecule has 2 fully saturated rings. The van der Waals surface area contributed by atoms with E-state index in [-0.39, 0.29) is 0 Å². The lowest BCUT2D eigenvalue weighted by Crippen LogP contribution is -2.30. The van der Waals surface area contributed by atoms with Gasteiger partial charge in [-0.25, -0.2) is 4.68 Å². The predicted molar refractivity (Wildman–Crippen MR) is 122 cm³/mol. The maximum atomic E-state index is 6.41. The van der Waals surface area contributed by atoms with Crippen molar-refractivity contribution in [3.63, 3.8) is 0 Å². The number of halogens is 1. The highest BCUT2D eigenvalue weighted by atomic mass is 35.5. The largest absolute Gasteiger partial charge is 0.367 e. The van der Waals surface area contributed by atoms with Crippen LogP contribution in [-0.2, 0) is 5.54 Å². The highest BCUT2D eigenvalue weighted by molar-refractivity contribution is 6.36. The summed E-state index contributed by atoms with van der Waals surface area (Å²) in [7, 11) is 0. The molecule has 0 aromatic carbocycles. The molecule has 3 N–H and O–H groups in total. The fourth-order valence-electron chi connectivity index (χ4n) is 4.01. The third-order valence-corrected chi connectivity index (χ3v) is 6.64. The quantitative estimate of drug-likeness (QED) is 0.384. The molecule has 0 saturated heterocycles. The molecular formula is C21H25ClN10. The summed E-state index contributed by atoms with van der Waals surface area (Å²) >= 11 is 6.41. The zero-order valence-corrected chi connectivity index (χ0v) is 18.8. The molecule has 6 rings (SSSR count). The molecule has 2 aliphatic rings. The van der Waals surface area contributed by atoms with E-state index in [2.05, 4.69) is 44.6 Å². The first-order valence-electron chi connectivity index (χ1n) is 11.0. The number of nitrogens with one attached hydrogen (secondary N) is 3. The highest BCUT2D eigenvalue weighted by Crippen LogP contribution is 2.39. The Bertz CT molecular complexity index is 1260. The molecule has 4 aromatic heterocycles. The number of aromatic amines is 1. The number of rotatable bonds is 7. The van der Waals surface area contributed by atoms with Gasteiger partial charge in [-0.2, -0.15) is 30.1 Å². The maximum Gasteiger partial charge on any atom is 0.232 e. The molecule has 32 heavy (non-hydrogen) atoms. The lowest BCUT2D eigenvalue weighted by molar-refractivity contribution is 0.331. The third-order valence-electron chi connectivity index (χ3n) is 6.34. The first kappa shape index (κ1) is 19.5. The average Bonchev–Trinajstić information content (AvgIpc) is 3.13. The molecule has 4 aromatic rings. The van der Waals surface area contributed by atoms with Gasteiger partial charge in [-0.15, -0.1) is 0 Å². The normalized spacial score (nSPS) is 17.0. The van der Waals surface area contributed by atoms with Crippen molar-refractivity contribution < 1.29 is 0 Å². The van der Waals surface area contributed by atoms with E-state index in [1.807, 2.05) is 10.7 Å². The van der Waals surface area contributed by atoms with Gasteiger partial charge in [0, 0.05) is 18.3 Å². The van der Waals surface area contributed by atoms with E-state index < -0.39 is 5.54 Å². The minimum Gasteiger partial charge on any atom is -0.367 e. The number of hydrogen-bond acceptors (Lipinski definition) is 7. The Morgan fingerprint density at radius 1 is 1.12 bits per heavy atom. The van der Waals surface area contributed by atoms with E-state index in [1.54, 1.807) is 23.4 Å². The van der Waals surface area contributed by atoms with Crippen LogP contribution < -0.4 is 10.6 Å². The molecule has 2 aliphatic carbocycles. The van der Waals surface area contributed by atoms with Crippen LogP contribution in [0.15, 0.2) is 24.7 Å². The van der Waals surface area contributed by atoms with Crippen molar-refractivity contribution in [3.05, 3.63) is 35.4 Å². The van der Waals surface area contributed by atoms with Crippen LogP contribution >= 0.6 is 11.6 Å². The Morgan fingerprint density at radius 2 is 1.91 bits per heavy atom. The van der Waals surface area contributed by atoms with E-state index >= 15 is 0 Å². The first-order valence-corrected chi connectivity index (χ1v) is 11.4. The molecule has 0 radical (unpaired) electrons. The predicted octanol–water partition coefficient (Wildman–Crippen LogP) is 4.23. The van der Waals surface area contributed by atoms with Gasteiger partial charge >= 0.3 is 0 Å². The van der Waals surface area contributed by atoms with E-state index in [4.69, 9.17) is 21.7 Å². The van der Waals surface area contributed by atoms with Crippen molar-refractivity contribution >= 4 is 40.2 Å². The van der Waals surface area contributed by atoms with E-state index in [9.17, 15) is 0 Å². The topological polar surface area (TPSA) is 114 Å². The zero-order chi connectivity index (χ0) is 21.9. The molecular weight excluding hydrogens is 428 g/mol. The van der Waals surface area contributed by atoms with Gasteiger partial charge in [0.15, 0.2) is 0 Å². The van der Waals surface area contributed by atoms with Crippen molar-refractivity contribution in [1.82, 2.24) is 39.7 Å². The van der Waals surface area contributed by atoms with Crippen molar-refractivity contribution in [1.29, 1.82) is 0 Å². The average molecular weight is 453 g/mol. The molecule has 0 bridgehead atoms. The Morgan fingerprint density at radius 3 is 2.59 bits per heavy atom. The van der Waals surface area contributed by atoms with Gasteiger partial charge in [-0.3, -0.25) is 0 Å². The fraction of sp³-hybridized carbons (Fsp3) is 0.476. The molecule has 11 heteroatoms. The van der Waals surface area contributed by atoms with Gasteiger partial charge in [0.05, 0.1) is 34.5 Å². The summed E-state index contributed by atoms with van der Waals surface area (Å²) < 4.78 is 2.04. The molecule has 166 valence electrons. The molecule has 0 amide bonds. The minimum absolute atomic E-state index is 0.379. The second-order valence-corrected chi connectivity index (χ2v) is 9.53. The lowest BCUT2D eigenvalue weighted by Gasteiger charge is -2.27. The van der Waals surface area contributed by atoms with Crippen molar-refractivity contribution in [3.8, 4) is 0 Å². The minimum atomic E-state index is -0.491. The number of nitrogens with zero attached hydrogens (tertiary/aromatic N) is 7. The molecule has 4 heterocycles. The van der Waals surface area contributed by atoms with Crippen LogP contribution in [0.4, 0.5) is 17.6 Å². The Kier molecular flexibility index (Phi) is 4.39. The van der Waals surface area contributed by atoms with Gasteiger partial charge in [0.2, 0.25) is 5.95 Å². The van der Waals surface area contributed by atoms with Crippen molar-refractivity contribution in [2.75, 3.05) is 10.6 Å². The van der Waals surface area contributed by atoms with Crippen LogP contribution in [0.5, 0.6) is 0 Å². The van der Waals surface area contributed by atoms with Crippen LogP contribution in [-0.4, -0.2) is 45.8 Å². The van der Waals surface area contributed by atoms with Gasteiger partial charge in [-0.05, 0) is 46.0 Å². The fourth-order valence-corrected chi connectivity index (χ4v) is 4.24. The zero-order valence-electron chi connectivity index (χ0n) is 18.0. The van der Waals surface area contributed by atoms with Crippen LogP contribution in [0.1, 0.15) is 57.7 Å². The van der Waals surface area contributed by atoms with Gasteiger partial charge in [0.25, 0.3) is 0 Å². The number of hydrogen-bond donors (Lipinski definition) is 3. The molecule has 0 atom stereocenters. The standard InChI is InChI=1S/C21H25ClN10/c1-21(2,32-24-8-9-25-32)15-10-16(31(30-15)13-6-7-13)27-20-28-18-17(14(22)11-23-18)19(29-20)26-12-4-3-5-12/h8-13H,3-7H2,1-2H3,(H3,23,26,27,28,29). The number of fused-ring (bicyclic) bond motifs is 1. The molecule has 10 nitrogen and oxygen atoms in total. The first-order chi connectivity index (χ1) is 15.5. The van der Waals surface area contributed by atoms with E-state index in [1.165, 1.54) is 6.42 Å². The van der Waals surface area contributed by atoms with Gasteiger partial charge in [0.1, 0.15) is 22.8 Å². The summed E-state index contributed by atoms with van der Waals surface area (Å²) in [5.41, 5.74) is 1.09. The number of anilines is 3. The van der Waals surface area contributed by atoms with Crippen molar-refractivity contribution in [2.45, 2.75) is 63.6 Å². The second-order valence-electron chi connectivity index (χ2n) is 9.12. The Hall–Kier alpha value is -3.14. The molecule has 0 unspecified atom stereocenters. The van der Waals surface area contributed by atoms with Crippen molar-refractivity contribution in [2.24, 2.45) is 0 Å². The SMILES string of the molecule is CC(C)(c1cc(Nc2nc(NC3CCC3)c3c(Cl)c[nH]c3n2)n(C2CC2)n1)n1nccn1. The highest BCUT2D eigenvalue weighted by Gasteiger charge is 2.33. The Labute approximate surface area is 189 Å². The monoisotopic (exact) mass is 452 g/mol. The second kappa shape index (κ2) is 7.19. The van der Waals surface area contributed by atoms with E-state index in [0.29, 0.717) is 28.7 Å². The summed E-state index contributed by atoms with van der Waals surface area (Å²) in [6.45, 7) is 4.11. The number of H-pyrrole nitrogens is 1. The van der Waals surface area contributed by atoms with E-state index in [0.717, 1.165) is 48.4 Å². The summed E-state index contributed by atoms with van der Waals surface area (Å²) in [4.78, 5) is 14.3. The van der Waals surface area contributed by atoms with Gasteiger partial charge < -0.3 is 15.6 Å². The van der Waals surface area contributed by atoms with Crippen LogP contribution in [0, 0.1) is 0 Å². The van der Waals surface area contributed by atoms with Crippen LogP contribution in [0.2, 0.25) is 5.02 Å². The van der Waals surface area contributed by atoms with Gasteiger partial charge in [-0.1, -0.05) is 11.6 Å². The summed E-state index contributed by atoms with van der Waals surface area (Å²) in [5.74, 6) is 2.11.